The Labute approximate surface area is 165 Å². The standard InChI is InChI=1S/C9H12NO2S.C7H9.C6H4.Ti/c1-6-4-7(2)9(8(3)5-6)13(10,11)12;1-6-3-4-7(2)5-6;1-2-4-6-5-3-1;/h4-5H,1-3H3,(H-,10,11,12);3-4,6H,1-2H3;1-4H;/q-1;;;+1. The van der Waals surface area contributed by atoms with Crippen LogP contribution in [0.25, 0.3) is 0 Å². The zero-order chi connectivity index (χ0) is 19.6. The third-order valence-electron chi connectivity index (χ3n) is 5.75. The molecule has 1 atom stereocenters. The average molecular weight is 415 g/mol. The van der Waals surface area contributed by atoms with Crippen LogP contribution in [0.15, 0.2) is 62.9 Å². The molecule has 0 saturated carbocycles. The van der Waals surface area contributed by atoms with Crippen molar-refractivity contribution >= 4 is 17.8 Å². The molecule has 4 rings (SSSR count). The van der Waals surface area contributed by atoms with Crippen LogP contribution >= 0.6 is 0 Å². The van der Waals surface area contributed by atoms with Crippen molar-refractivity contribution in [2.75, 3.05) is 0 Å². The number of hydrogen-bond donors (Lipinski definition) is 1. The van der Waals surface area contributed by atoms with Gasteiger partial charge in [-0.1, -0.05) is 0 Å². The summed E-state index contributed by atoms with van der Waals surface area (Å²) in [5.74, 6) is 0.278. The summed E-state index contributed by atoms with van der Waals surface area (Å²) in [6.45, 7) is 10.1. The molecule has 2 aliphatic rings. The van der Waals surface area contributed by atoms with Crippen LogP contribution in [0.3, 0.4) is 0 Å². The molecule has 0 aromatic heterocycles. The molecule has 0 saturated heterocycles. The van der Waals surface area contributed by atoms with Crippen LogP contribution in [0.2, 0.25) is 0 Å². The van der Waals surface area contributed by atoms with Crippen molar-refractivity contribution in [1.82, 2.24) is 3.20 Å². The van der Waals surface area contributed by atoms with Crippen molar-refractivity contribution in [2.24, 2.45) is 5.92 Å². The monoisotopic (exact) mass is 415 g/mol. The Morgan fingerprint density at radius 1 is 0.963 bits per heavy atom. The summed E-state index contributed by atoms with van der Waals surface area (Å²) in [5.41, 5.74) is 3.93. The van der Waals surface area contributed by atoms with Gasteiger partial charge in [0.1, 0.15) is 0 Å². The molecule has 1 heterocycles. The molecule has 3 nitrogen and oxygen atoms in total. The van der Waals surface area contributed by atoms with Crippen LogP contribution in [0, 0.1) is 26.7 Å². The SMILES string of the molecule is CC1=[C]([Ti]2([NH]S(=O)(=O)c3c(C)cc(C)cc3C)[c]3cccc[c]32)C(C)C=C1. The summed E-state index contributed by atoms with van der Waals surface area (Å²) >= 11 is -3.23. The van der Waals surface area contributed by atoms with E-state index in [9.17, 15) is 8.42 Å². The first-order valence-corrected chi connectivity index (χ1v) is 13.9. The van der Waals surface area contributed by atoms with Gasteiger partial charge in [-0.3, -0.25) is 0 Å². The van der Waals surface area contributed by atoms with E-state index in [0.717, 1.165) is 16.7 Å². The number of sulfonamides is 1. The van der Waals surface area contributed by atoms with Gasteiger partial charge in [-0.25, -0.2) is 0 Å². The summed E-state index contributed by atoms with van der Waals surface area (Å²) in [7, 11) is -3.61. The van der Waals surface area contributed by atoms with Crippen LogP contribution in [-0.2, 0) is 26.9 Å². The van der Waals surface area contributed by atoms with E-state index >= 15 is 0 Å². The van der Waals surface area contributed by atoms with E-state index < -0.39 is 26.9 Å². The minimum absolute atomic E-state index is 0.278. The first-order chi connectivity index (χ1) is 12.7. The second kappa shape index (κ2) is 6.28. The van der Waals surface area contributed by atoms with Crippen LogP contribution in [0.5, 0.6) is 0 Å². The molecule has 0 fully saturated rings. The van der Waals surface area contributed by atoms with Gasteiger partial charge in [0.05, 0.1) is 0 Å². The third kappa shape index (κ3) is 2.82. The van der Waals surface area contributed by atoms with Gasteiger partial charge in [0.2, 0.25) is 0 Å². The molecule has 0 amide bonds. The van der Waals surface area contributed by atoms with Crippen molar-refractivity contribution in [3.63, 3.8) is 0 Å². The molecule has 2 aromatic carbocycles. The molecule has 1 unspecified atom stereocenters. The predicted octanol–water partition coefficient (Wildman–Crippen LogP) is 3.40. The molecule has 5 heteroatoms. The number of benzene rings is 2. The van der Waals surface area contributed by atoms with Gasteiger partial charge in [-0.2, -0.15) is 0 Å². The van der Waals surface area contributed by atoms with Crippen LogP contribution in [0.1, 0.15) is 30.5 Å². The van der Waals surface area contributed by atoms with Crippen LogP contribution < -0.4 is 10.9 Å². The number of aryl methyl sites for hydroxylation is 3. The summed E-state index contributed by atoms with van der Waals surface area (Å²) in [5, 5.41) is 0. The Balaban J connectivity index is 1.86. The number of fused-ring (bicyclic) bond motifs is 1. The predicted molar refractivity (Wildman–Crippen MR) is 108 cm³/mol. The second-order valence-corrected chi connectivity index (χ2v) is 15.3. The summed E-state index contributed by atoms with van der Waals surface area (Å²) in [4.78, 5) is 0.438. The molecular weight excluding hydrogens is 390 g/mol. The molecule has 140 valence electrons. The van der Waals surface area contributed by atoms with E-state index in [-0.39, 0.29) is 5.92 Å². The van der Waals surface area contributed by atoms with Gasteiger partial charge >= 0.3 is 166 Å². The minimum atomic E-state index is -3.61. The third-order valence-corrected chi connectivity index (χ3v) is 16.3. The first kappa shape index (κ1) is 18.9. The molecular formula is C22H25NO2STi. The summed E-state index contributed by atoms with van der Waals surface area (Å²) in [6.07, 6.45) is 4.33. The topological polar surface area (TPSA) is 46.2 Å². The summed E-state index contributed by atoms with van der Waals surface area (Å²) < 4.78 is 34.2. The van der Waals surface area contributed by atoms with Gasteiger partial charge in [0, 0.05) is 0 Å². The molecule has 0 spiro atoms. The van der Waals surface area contributed by atoms with Gasteiger partial charge in [-0.15, -0.1) is 0 Å². The van der Waals surface area contributed by atoms with E-state index in [2.05, 4.69) is 41.3 Å². The molecule has 1 aliphatic heterocycles. The van der Waals surface area contributed by atoms with Crippen molar-refractivity contribution in [1.29, 1.82) is 0 Å². The molecule has 1 aliphatic carbocycles. The zero-order valence-electron chi connectivity index (χ0n) is 16.4. The fourth-order valence-electron chi connectivity index (χ4n) is 4.82. The van der Waals surface area contributed by atoms with Crippen LogP contribution in [-0.4, -0.2) is 8.42 Å². The maximum atomic E-state index is 13.6. The normalized spacial score (nSPS) is 20.1. The number of hydrogen-bond acceptors (Lipinski definition) is 2. The van der Waals surface area contributed by atoms with Crippen molar-refractivity contribution in [2.45, 2.75) is 39.5 Å². The van der Waals surface area contributed by atoms with Gasteiger partial charge in [0.25, 0.3) is 0 Å². The molecule has 1 N–H and O–H groups in total. The van der Waals surface area contributed by atoms with E-state index in [1.165, 1.54) is 17.2 Å². The molecule has 27 heavy (non-hydrogen) atoms. The Hall–Kier alpha value is -1.46. The van der Waals surface area contributed by atoms with E-state index in [1.54, 1.807) is 0 Å². The Morgan fingerprint density at radius 3 is 2.00 bits per heavy atom. The van der Waals surface area contributed by atoms with Gasteiger partial charge in [0.15, 0.2) is 0 Å². The Kier molecular flexibility index (Phi) is 4.39. The van der Waals surface area contributed by atoms with Gasteiger partial charge in [-0.05, 0) is 0 Å². The zero-order valence-corrected chi connectivity index (χ0v) is 18.8. The second-order valence-electron chi connectivity index (χ2n) is 7.87. The molecule has 0 radical (unpaired) electrons. The Bertz CT molecular complexity index is 1080. The molecule has 0 bridgehead atoms. The maximum absolute atomic E-state index is 13.6. The van der Waals surface area contributed by atoms with Crippen LogP contribution in [0.4, 0.5) is 0 Å². The van der Waals surface area contributed by atoms with Crippen molar-refractivity contribution in [3.8, 4) is 0 Å². The van der Waals surface area contributed by atoms with E-state index in [1.807, 2.05) is 45.0 Å². The number of nitrogens with one attached hydrogen (secondary N) is 1. The van der Waals surface area contributed by atoms with Gasteiger partial charge < -0.3 is 0 Å². The Morgan fingerprint density at radius 2 is 1.52 bits per heavy atom. The quantitative estimate of drug-likeness (QED) is 0.779. The number of allylic oxidation sites excluding steroid dienone is 4. The van der Waals surface area contributed by atoms with Crippen molar-refractivity contribution in [3.05, 3.63) is 74.7 Å². The fourth-order valence-corrected chi connectivity index (χ4v) is 16.9. The summed E-state index contributed by atoms with van der Waals surface area (Å²) in [6, 6.07) is 12.2. The number of rotatable bonds is 4. The van der Waals surface area contributed by atoms with Crippen molar-refractivity contribution < 1.29 is 25.3 Å². The van der Waals surface area contributed by atoms with E-state index in [0.29, 0.717) is 4.90 Å². The van der Waals surface area contributed by atoms with E-state index in [4.69, 9.17) is 0 Å². The fraction of sp³-hybridized carbons (Fsp3) is 0.273. The first-order valence-electron chi connectivity index (χ1n) is 9.29. The average Bonchev–Trinajstić information content (AvgIpc) is 3.04. The molecule has 2 aromatic rings.